The number of Topliss-reactive ketones (excluding diaryl/α,β-unsaturated/α-hetero) is 1. The number of hydrogen-bond donors (Lipinski definition) is 2. The van der Waals surface area contributed by atoms with Crippen molar-refractivity contribution in [1.29, 1.82) is 0 Å². The Labute approximate surface area is 398 Å². The number of allylic oxidation sites excluding steroid dienone is 1. The predicted octanol–water partition coefficient (Wildman–Crippen LogP) is 12.2. The van der Waals surface area contributed by atoms with E-state index in [2.05, 4.69) is 70.5 Å². The second-order valence-corrected chi connectivity index (χ2v) is 24.7. The van der Waals surface area contributed by atoms with E-state index in [4.69, 9.17) is 9.72 Å². The van der Waals surface area contributed by atoms with Crippen LogP contribution in [0.15, 0.2) is 78.0 Å². The highest BCUT2D eigenvalue weighted by Crippen LogP contribution is 2.79. The number of ketones is 1. The van der Waals surface area contributed by atoms with Crippen LogP contribution in [0.3, 0.4) is 0 Å². The maximum Gasteiger partial charge on any atom is 0.310 e. The van der Waals surface area contributed by atoms with E-state index in [-0.39, 0.29) is 76.1 Å². The first-order valence-electron chi connectivity index (χ1n) is 25.8. The molecule has 9 nitrogen and oxygen atoms in total. The summed E-state index contributed by atoms with van der Waals surface area (Å²) >= 11 is 0. The van der Waals surface area contributed by atoms with Gasteiger partial charge in [0.25, 0.3) is 0 Å². The van der Waals surface area contributed by atoms with Crippen molar-refractivity contribution in [2.45, 2.75) is 152 Å². The Bertz CT molecular complexity index is 2510. The van der Waals surface area contributed by atoms with Crippen molar-refractivity contribution in [3.63, 3.8) is 0 Å². The van der Waals surface area contributed by atoms with E-state index in [0.717, 1.165) is 86.0 Å². The number of amides is 1. The first-order valence-corrected chi connectivity index (χ1v) is 25.8. The summed E-state index contributed by atoms with van der Waals surface area (Å²) in [4.78, 5) is 68.3. The minimum Gasteiger partial charge on any atom is -0.481 e. The molecule has 6 fully saturated rings. The molecule has 6 aliphatic carbocycles. The number of rotatable bonds is 9. The number of carboxylic acid groups (broad SMARTS) is 1. The van der Waals surface area contributed by atoms with Gasteiger partial charge in [0.1, 0.15) is 12.4 Å². The lowest BCUT2D eigenvalue weighted by atomic mass is 9.29. The molecule has 0 radical (unpaired) electrons. The van der Waals surface area contributed by atoms with Crippen molar-refractivity contribution in [2.24, 2.45) is 73.4 Å². The van der Waals surface area contributed by atoms with Crippen molar-refractivity contribution in [3.8, 4) is 11.3 Å². The van der Waals surface area contributed by atoms with E-state index < -0.39 is 28.1 Å². The minimum atomic E-state index is -1.04. The first-order chi connectivity index (χ1) is 31.7. The zero-order valence-corrected chi connectivity index (χ0v) is 41.7. The first kappa shape index (κ1) is 46.2. The highest BCUT2D eigenvalue weighted by molar-refractivity contribution is 6.07. The lowest BCUT2D eigenvalue weighted by Gasteiger charge is -2.74. The fourth-order valence-electron chi connectivity index (χ4n) is 17.9. The number of likely N-dealkylation sites (tertiary alicyclic amines) is 1. The molecule has 7 aliphatic rings. The van der Waals surface area contributed by atoms with Crippen LogP contribution < -0.4 is 0 Å². The smallest absolute Gasteiger partial charge is 0.310 e. The molecule has 1 aliphatic heterocycles. The number of hydrogen-bond acceptors (Lipinski definition) is 6. The van der Waals surface area contributed by atoms with Gasteiger partial charge in [-0.1, -0.05) is 123 Å². The topological polar surface area (TPSA) is 130 Å². The van der Waals surface area contributed by atoms with Gasteiger partial charge in [-0.05, 0) is 150 Å². The van der Waals surface area contributed by atoms with E-state index in [9.17, 15) is 19.5 Å². The van der Waals surface area contributed by atoms with E-state index >= 15 is 4.79 Å². The van der Waals surface area contributed by atoms with Crippen LogP contribution in [0.2, 0.25) is 0 Å². The van der Waals surface area contributed by atoms with Gasteiger partial charge in [0.05, 0.1) is 34.7 Å². The van der Waals surface area contributed by atoms with E-state index in [1.165, 1.54) is 5.57 Å². The van der Waals surface area contributed by atoms with E-state index in [0.29, 0.717) is 31.2 Å². The second kappa shape index (κ2) is 15.7. The molecular weight excluding hydrogens is 835 g/mol. The number of aromatic nitrogens is 2. The fourth-order valence-corrected chi connectivity index (χ4v) is 17.9. The van der Waals surface area contributed by atoms with Crippen molar-refractivity contribution in [3.05, 3.63) is 89.4 Å². The summed E-state index contributed by atoms with van der Waals surface area (Å²) in [7, 11) is 0. The molecule has 5 saturated carbocycles. The van der Waals surface area contributed by atoms with Gasteiger partial charge < -0.3 is 19.7 Å². The summed E-state index contributed by atoms with van der Waals surface area (Å²) in [6, 6.07) is 19.7. The summed E-state index contributed by atoms with van der Waals surface area (Å²) in [5.41, 5.74) is 1.96. The van der Waals surface area contributed by atoms with Gasteiger partial charge in [0.2, 0.25) is 5.91 Å². The van der Waals surface area contributed by atoms with Gasteiger partial charge in [0.15, 0.2) is 5.78 Å². The third kappa shape index (κ3) is 6.32. The molecule has 0 spiro atoms. The number of carbonyl (C=O) groups excluding carboxylic acids is 3. The number of imidazole rings is 1. The van der Waals surface area contributed by atoms with Crippen LogP contribution in [-0.2, 0) is 30.5 Å². The van der Waals surface area contributed by atoms with Crippen molar-refractivity contribution in [2.75, 3.05) is 6.54 Å². The molecule has 9 heteroatoms. The van der Waals surface area contributed by atoms with Crippen LogP contribution in [0.5, 0.6) is 0 Å². The average Bonchev–Trinajstić information content (AvgIpc) is 4.05. The molecule has 2 heterocycles. The average molecular weight is 910 g/mol. The number of nitrogens with zero attached hydrogens (tertiary/aromatic N) is 2. The summed E-state index contributed by atoms with van der Waals surface area (Å²) in [5, 5.41) is 11.4. The third-order valence-electron chi connectivity index (χ3n) is 21.4. The Morgan fingerprint density at radius 1 is 0.821 bits per heavy atom. The SMILES string of the molecule is CC(C)C1=C2[C@H]3CC[C@@H]4[C@]5(C)CC[C@H]([C@@]6(C(=O)O)C[C@@H](C(=O)OCc7ccccc7)C6(C)C)C(C)(C)[C@H]5CC[C@@]4(C)[C@]3(C)CC[C@@]2(C(=O)N2CCC[C@H]2c2ncc(-c3ccccc3)[nH]2)CC1=O. The molecule has 1 aromatic heterocycles. The normalized spacial score (nSPS) is 38.4. The number of carboxylic acids is 1. The largest absolute Gasteiger partial charge is 0.481 e. The fraction of sp³-hybridized carbons (Fsp3) is 0.638. The molecule has 1 saturated heterocycles. The number of benzene rings is 2. The Hall–Kier alpha value is -4.53. The number of aromatic amines is 1. The molecule has 10 rings (SSSR count). The van der Waals surface area contributed by atoms with Gasteiger partial charge >= 0.3 is 11.9 Å². The molecule has 0 bridgehead atoms. The van der Waals surface area contributed by atoms with Gasteiger partial charge in [-0.3, -0.25) is 19.2 Å². The van der Waals surface area contributed by atoms with Crippen LogP contribution >= 0.6 is 0 Å². The maximum absolute atomic E-state index is 15.6. The van der Waals surface area contributed by atoms with E-state index in [1.54, 1.807) is 0 Å². The van der Waals surface area contributed by atoms with Crippen LogP contribution in [0.4, 0.5) is 0 Å². The van der Waals surface area contributed by atoms with Crippen LogP contribution in [0, 0.1) is 73.4 Å². The summed E-state index contributed by atoms with van der Waals surface area (Å²) in [5.74, 6) is 0.387. The molecule has 2 N–H and O–H groups in total. The number of aliphatic carboxylic acids is 1. The summed E-state index contributed by atoms with van der Waals surface area (Å²) in [6.45, 7) is 21.6. The molecule has 3 aromatic rings. The van der Waals surface area contributed by atoms with Crippen molar-refractivity contribution in [1.82, 2.24) is 14.9 Å². The zero-order valence-electron chi connectivity index (χ0n) is 41.7. The Balaban J connectivity index is 0.927. The van der Waals surface area contributed by atoms with Gasteiger partial charge in [-0.15, -0.1) is 0 Å². The van der Waals surface area contributed by atoms with Gasteiger partial charge in [0, 0.05) is 13.0 Å². The van der Waals surface area contributed by atoms with Crippen molar-refractivity contribution >= 4 is 23.6 Å². The zero-order chi connectivity index (χ0) is 47.7. The minimum absolute atomic E-state index is 0.0158. The monoisotopic (exact) mass is 910 g/mol. The quantitative estimate of drug-likeness (QED) is 0.205. The Morgan fingerprint density at radius 3 is 2.18 bits per heavy atom. The molecular formula is C58H75N3O6. The predicted molar refractivity (Wildman–Crippen MR) is 259 cm³/mol. The van der Waals surface area contributed by atoms with Crippen LogP contribution in [0.1, 0.15) is 157 Å². The number of carbonyl (C=O) groups is 4. The number of esters is 1. The lowest BCUT2D eigenvalue weighted by molar-refractivity contribution is -0.261. The Kier molecular flexibility index (Phi) is 10.9. The van der Waals surface area contributed by atoms with Gasteiger partial charge in [-0.25, -0.2) is 4.98 Å². The highest BCUT2D eigenvalue weighted by atomic mass is 16.5. The standard InChI is InChI=1S/C58H75N3O6/c1-35(2)46-42(62)32-57(50(64)61-30-16-21-41(61)48-59-33-40(60-48)37-19-14-11-15-20-37)29-28-55(8)38(47(46)57)22-23-45-54(7)26-24-44(52(3,4)43(54)25-27-56(45,55)9)58(51(65)66)31-39(53(58,5)6)49(63)67-34-36-17-12-10-13-18-36/h10-15,17-20,33,35,38-39,41,43-45H,16,21-32,34H2,1-9H3,(H,59,60)(H,65,66)/t38-,39+,41+,43-,44+,45-,54-,55-,56-,57-,58-/m1/s1. The summed E-state index contributed by atoms with van der Waals surface area (Å²) < 4.78 is 5.86. The molecule has 67 heavy (non-hydrogen) atoms. The molecule has 11 atom stereocenters. The third-order valence-corrected chi connectivity index (χ3v) is 21.4. The highest BCUT2D eigenvalue weighted by Gasteiger charge is 2.76. The molecule has 1 amide bonds. The van der Waals surface area contributed by atoms with Crippen LogP contribution in [0.25, 0.3) is 11.3 Å². The molecule has 2 aromatic carbocycles. The number of H-pyrrole nitrogens is 1. The number of nitrogens with one attached hydrogen (secondary N) is 1. The van der Waals surface area contributed by atoms with E-state index in [1.807, 2.05) is 68.6 Å². The van der Waals surface area contributed by atoms with Crippen LogP contribution in [-0.4, -0.2) is 50.1 Å². The maximum atomic E-state index is 15.6. The molecule has 358 valence electrons. The second-order valence-electron chi connectivity index (χ2n) is 24.7. The van der Waals surface area contributed by atoms with Crippen molar-refractivity contribution < 1.29 is 29.0 Å². The van der Waals surface area contributed by atoms with Gasteiger partial charge in [-0.2, -0.15) is 0 Å². The Morgan fingerprint density at radius 2 is 1.51 bits per heavy atom. The molecule has 0 unspecified atom stereocenters. The number of fused-ring (bicyclic) bond motifs is 7. The summed E-state index contributed by atoms with van der Waals surface area (Å²) in [6.07, 6.45) is 11.6. The lowest BCUT2D eigenvalue weighted by Crippen LogP contribution is -2.71. The number of ether oxygens (including phenoxy) is 1.